The fourth-order valence-corrected chi connectivity index (χ4v) is 2.15. The van der Waals surface area contributed by atoms with E-state index in [1.54, 1.807) is 26.4 Å². The molecule has 0 spiro atoms. The number of carbonyl (C=O) groups is 1. The number of hydrogen-bond donors (Lipinski definition) is 1. The molecule has 0 atom stereocenters. The molecular weight excluding hydrogens is 324 g/mol. The third kappa shape index (κ3) is 5.27. The Bertz CT molecular complexity index is 710. The summed E-state index contributed by atoms with van der Waals surface area (Å²) in [4.78, 5) is 16.3. The van der Waals surface area contributed by atoms with Gasteiger partial charge in [0.05, 0.1) is 27.1 Å². The summed E-state index contributed by atoms with van der Waals surface area (Å²) < 4.78 is 20.9. The smallest absolute Gasteiger partial charge is 0.294 e. The average Bonchev–Trinajstić information content (AvgIpc) is 3.16. The lowest BCUT2D eigenvalue weighted by atomic mass is 10.1. The molecule has 0 bridgehead atoms. The van der Waals surface area contributed by atoms with Gasteiger partial charge in [-0.2, -0.15) is 0 Å². The fourth-order valence-electron chi connectivity index (χ4n) is 2.15. The molecule has 1 aromatic heterocycles. The number of aliphatic imine (C=N–C) groups is 1. The highest BCUT2D eigenvalue weighted by atomic mass is 16.5. The Balaban J connectivity index is 1.98. The van der Waals surface area contributed by atoms with E-state index >= 15 is 0 Å². The molecule has 1 N–H and O–H groups in total. The van der Waals surface area contributed by atoms with E-state index < -0.39 is 5.91 Å². The van der Waals surface area contributed by atoms with E-state index in [2.05, 4.69) is 10.3 Å². The van der Waals surface area contributed by atoms with Crippen molar-refractivity contribution in [2.24, 2.45) is 4.99 Å². The molecule has 0 aliphatic rings. The Labute approximate surface area is 146 Å². The van der Waals surface area contributed by atoms with Gasteiger partial charge in [-0.05, 0) is 43.2 Å². The minimum atomic E-state index is -0.400. The van der Waals surface area contributed by atoms with Crippen molar-refractivity contribution in [2.75, 3.05) is 27.4 Å². The van der Waals surface area contributed by atoms with Crippen LogP contribution in [0.4, 0.5) is 0 Å². The molecule has 1 aromatic carbocycles. The van der Waals surface area contributed by atoms with E-state index in [0.29, 0.717) is 31.1 Å². The summed E-state index contributed by atoms with van der Waals surface area (Å²) >= 11 is 0. The van der Waals surface area contributed by atoms with Gasteiger partial charge in [0.1, 0.15) is 0 Å². The molecule has 2 aromatic rings. The highest BCUT2D eigenvalue weighted by Crippen LogP contribution is 2.27. The van der Waals surface area contributed by atoms with Crippen molar-refractivity contribution in [1.29, 1.82) is 0 Å². The molecule has 0 aliphatic carbocycles. The second-order valence-corrected chi connectivity index (χ2v) is 4.99. The summed E-state index contributed by atoms with van der Waals surface area (Å²) in [6.07, 6.45) is 2.09. The number of nitrogens with one attached hydrogen (secondary N) is 1. The number of furan rings is 1. The quantitative estimate of drug-likeness (QED) is 0.616. The van der Waals surface area contributed by atoms with Gasteiger partial charge >= 0.3 is 0 Å². The van der Waals surface area contributed by atoms with Crippen LogP contribution < -0.4 is 14.8 Å². The predicted molar refractivity (Wildman–Crippen MR) is 93.4 cm³/mol. The Kier molecular flexibility index (Phi) is 6.88. The zero-order valence-electron chi connectivity index (χ0n) is 14.6. The molecule has 0 fully saturated rings. The summed E-state index contributed by atoms with van der Waals surface area (Å²) in [5.41, 5.74) is 1.04. The van der Waals surface area contributed by atoms with Gasteiger partial charge in [-0.25, -0.2) is 4.99 Å². The van der Waals surface area contributed by atoms with Gasteiger partial charge < -0.3 is 18.6 Å². The van der Waals surface area contributed by atoms with Crippen LogP contribution in [0.5, 0.6) is 11.5 Å². The third-order valence-corrected chi connectivity index (χ3v) is 3.35. The molecule has 1 amide bonds. The molecule has 0 unspecified atom stereocenters. The first-order chi connectivity index (χ1) is 12.2. The van der Waals surface area contributed by atoms with E-state index in [4.69, 9.17) is 18.6 Å². The number of amidine groups is 1. The van der Waals surface area contributed by atoms with Gasteiger partial charge in [-0.15, -0.1) is 0 Å². The Morgan fingerprint density at radius 3 is 2.64 bits per heavy atom. The molecule has 0 radical (unpaired) electrons. The number of hydrogen-bond acceptors (Lipinski definition) is 6. The molecule has 0 saturated carbocycles. The van der Waals surface area contributed by atoms with Crippen LogP contribution in [0.1, 0.15) is 23.0 Å². The molecule has 2 rings (SSSR count). The van der Waals surface area contributed by atoms with E-state index in [1.165, 1.54) is 6.26 Å². The number of nitrogens with zero attached hydrogens (tertiary/aromatic N) is 1. The molecule has 1 heterocycles. The van der Waals surface area contributed by atoms with Crippen LogP contribution in [-0.2, 0) is 11.2 Å². The van der Waals surface area contributed by atoms with Crippen LogP contribution in [0, 0.1) is 0 Å². The molecule has 7 nitrogen and oxygen atoms in total. The molecular formula is C18H22N2O5. The maximum Gasteiger partial charge on any atom is 0.294 e. The van der Waals surface area contributed by atoms with Gasteiger partial charge in [-0.3, -0.25) is 10.1 Å². The van der Waals surface area contributed by atoms with Crippen molar-refractivity contribution in [2.45, 2.75) is 13.3 Å². The molecule has 25 heavy (non-hydrogen) atoms. The summed E-state index contributed by atoms with van der Waals surface area (Å²) in [6, 6.07) is 9.07. The highest BCUT2D eigenvalue weighted by molar-refractivity contribution is 6.02. The largest absolute Gasteiger partial charge is 0.493 e. The second kappa shape index (κ2) is 9.36. The first kappa shape index (κ1) is 18.4. The maximum atomic E-state index is 12.0. The summed E-state index contributed by atoms with van der Waals surface area (Å²) in [6.45, 7) is 2.67. The normalized spacial score (nSPS) is 11.1. The average molecular weight is 346 g/mol. The fraction of sp³-hybridized carbons (Fsp3) is 0.333. The zero-order valence-corrected chi connectivity index (χ0v) is 14.6. The molecule has 134 valence electrons. The Morgan fingerprint density at radius 1 is 1.20 bits per heavy atom. The predicted octanol–water partition coefficient (Wildman–Crippen LogP) is 2.66. The van der Waals surface area contributed by atoms with Crippen molar-refractivity contribution in [3.8, 4) is 11.5 Å². The summed E-state index contributed by atoms with van der Waals surface area (Å²) in [5, 5.41) is 2.60. The lowest BCUT2D eigenvalue weighted by molar-refractivity contribution is 0.0939. The maximum absolute atomic E-state index is 12.0. The first-order valence-corrected chi connectivity index (χ1v) is 7.91. The standard InChI is InChI=1S/C18H22N2O5/c1-4-24-18(20-17(21)15-6-5-11-25-15)19-10-9-13-7-8-14(22-2)16(12-13)23-3/h5-8,11-12H,4,9-10H2,1-3H3,(H,19,20,21). The van der Waals surface area contributed by atoms with Crippen LogP contribution in [-0.4, -0.2) is 39.3 Å². The van der Waals surface area contributed by atoms with Crippen LogP contribution in [0.2, 0.25) is 0 Å². The molecule has 0 aliphatic heterocycles. The SMILES string of the molecule is CCOC(=NCCc1ccc(OC)c(OC)c1)NC(=O)c1ccco1. The van der Waals surface area contributed by atoms with Crippen LogP contribution >= 0.6 is 0 Å². The number of benzene rings is 1. The number of rotatable bonds is 7. The van der Waals surface area contributed by atoms with E-state index in [0.717, 1.165) is 5.56 Å². The van der Waals surface area contributed by atoms with Crippen molar-refractivity contribution in [3.63, 3.8) is 0 Å². The van der Waals surface area contributed by atoms with Gasteiger partial charge in [0.25, 0.3) is 11.9 Å². The lowest BCUT2D eigenvalue weighted by Gasteiger charge is -2.10. The summed E-state index contributed by atoms with van der Waals surface area (Å²) in [5.74, 6) is 1.14. The van der Waals surface area contributed by atoms with E-state index in [-0.39, 0.29) is 11.8 Å². The van der Waals surface area contributed by atoms with Crippen LogP contribution in [0.15, 0.2) is 46.0 Å². The van der Waals surface area contributed by atoms with Crippen molar-refractivity contribution < 1.29 is 23.4 Å². The highest BCUT2D eigenvalue weighted by Gasteiger charge is 2.12. The monoisotopic (exact) mass is 346 g/mol. The van der Waals surface area contributed by atoms with Crippen molar-refractivity contribution >= 4 is 11.9 Å². The lowest BCUT2D eigenvalue weighted by Crippen LogP contribution is -2.32. The van der Waals surface area contributed by atoms with Gasteiger partial charge in [0.2, 0.25) is 0 Å². The van der Waals surface area contributed by atoms with Gasteiger partial charge in [0, 0.05) is 6.54 Å². The number of methoxy groups -OCH3 is 2. The van der Waals surface area contributed by atoms with Gasteiger partial charge in [0.15, 0.2) is 17.3 Å². The second-order valence-electron chi connectivity index (χ2n) is 4.99. The van der Waals surface area contributed by atoms with Crippen LogP contribution in [0.3, 0.4) is 0 Å². The van der Waals surface area contributed by atoms with E-state index in [1.807, 2.05) is 25.1 Å². The van der Waals surface area contributed by atoms with Gasteiger partial charge in [-0.1, -0.05) is 6.07 Å². The number of carbonyl (C=O) groups excluding carboxylic acids is 1. The van der Waals surface area contributed by atoms with Crippen molar-refractivity contribution in [1.82, 2.24) is 5.32 Å². The first-order valence-electron chi connectivity index (χ1n) is 7.91. The zero-order chi connectivity index (χ0) is 18.1. The molecule has 7 heteroatoms. The van der Waals surface area contributed by atoms with E-state index in [9.17, 15) is 4.79 Å². The minimum absolute atomic E-state index is 0.171. The summed E-state index contributed by atoms with van der Waals surface area (Å²) in [7, 11) is 3.19. The Morgan fingerprint density at radius 2 is 2.00 bits per heavy atom. The van der Waals surface area contributed by atoms with Crippen LogP contribution in [0.25, 0.3) is 0 Å². The van der Waals surface area contributed by atoms with Crippen molar-refractivity contribution in [3.05, 3.63) is 47.9 Å². The third-order valence-electron chi connectivity index (χ3n) is 3.35. The molecule has 0 saturated heterocycles. The Hall–Kier alpha value is -2.96. The number of ether oxygens (including phenoxy) is 3. The number of amides is 1. The minimum Gasteiger partial charge on any atom is -0.493 e. The topological polar surface area (TPSA) is 82.3 Å².